The van der Waals surface area contributed by atoms with Crippen molar-refractivity contribution < 1.29 is 19.1 Å². The standard InChI is InChI=1S/C13H13NO4/c1-7-5-6-10(17-7)12-14-11-8(13(15)16)3-2-4-9(11)18-12/h2-4,7,10H,5-6H2,1H3,(H,15,16). The average molecular weight is 247 g/mol. The molecule has 1 aromatic carbocycles. The van der Waals surface area contributed by atoms with Crippen molar-refractivity contribution in [3.63, 3.8) is 0 Å². The molecule has 5 nitrogen and oxygen atoms in total. The molecule has 1 aliphatic heterocycles. The highest BCUT2D eigenvalue weighted by molar-refractivity contribution is 6.00. The first-order chi connectivity index (χ1) is 8.65. The van der Waals surface area contributed by atoms with Crippen LogP contribution >= 0.6 is 0 Å². The monoisotopic (exact) mass is 247 g/mol. The summed E-state index contributed by atoms with van der Waals surface area (Å²) in [5.74, 6) is -0.524. The van der Waals surface area contributed by atoms with Gasteiger partial charge in [-0.05, 0) is 31.9 Å². The van der Waals surface area contributed by atoms with Crippen molar-refractivity contribution in [3.05, 3.63) is 29.7 Å². The minimum Gasteiger partial charge on any atom is -0.478 e. The summed E-state index contributed by atoms with van der Waals surface area (Å²) in [6.45, 7) is 2.01. The fourth-order valence-electron chi connectivity index (χ4n) is 2.26. The van der Waals surface area contributed by atoms with Gasteiger partial charge >= 0.3 is 5.97 Å². The molecular formula is C13H13NO4. The molecule has 0 radical (unpaired) electrons. The van der Waals surface area contributed by atoms with E-state index in [2.05, 4.69) is 4.98 Å². The SMILES string of the molecule is CC1CCC(c2nc3c(C(=O)O)cccc3o2)O1. The van der Waals surface area contributed by atoms with E-state index in [0.717, 1.165) is 12.8 Å². The van der Waals surface area contributed by atoms with Crippen molar-refractivity contribution in [2.45, 2.75) is 32.0 Å². The van der Waals surface area contributed by atoms with E-state index in [0.29, 0.717) is 17.0 Å². The summed E-state index contributed by atoms with van der Waals surface area (Å²) in [5, 5.41) is 9.09. The molecule has 0 bridgehead atoms. The lowest BCUT2D eigenvalue weighted by Crippen LogP contribution is -2.01. The molecule has 1 aromatic heterocycles. The van der Waals surface area contributed by atoms with Gasteiger partial charge in [-0.1, -0.05) is 6.07 Å². The van der Waals surface area contributed by atoms with Gasteiger partial charge in [0, 0.05) is 0 Å². The van der Waals surface area contributed by atoms with Crippen LogP contribution in [0.2, 0.25) is 0 Å². The number of carboxylic acids is 1. The van der Waals surface area contributed by atoms with E-state index in [1.54, 1.807) is 12.1 Å². The number of carbonyl (C=O) groups is 1. The quantitative estimate of drug-likeness (QED) is 0.883. The number of fused-ring (bicyclic) bond motifs is 1. The first-order valence-electron chi connectivity index (χ1n) is 5.93. The molecule has 0 amide bonds. The Bertz CT molecular complexity index is 604. The van der Waals surface area contributed by atoms with E-state index in [-0.39, 0.29) is 17.8 Å². The highest BCUT2D eigenvalue weighted by Gasteiger charge is 2.28. The second kappa shape index (κ2) is 4.10. The molecule has 1 saturated heterocycles. The van der Waals surface area contributed by atoms with Gasteiger partial charge in [-0.15, -0.1) is 0 Å². The predicted molar refractivity (Wildman–Crippen MR) is 63.5 cm³/mol. The number of nitrogens with zero attached hydrogens (tertiary/aromatic N) is 1. The number of aromatic nitrogens is 1. The van der Waals surface area contributed by atoms with Crippen LogP contribution in [0.4, 0.5) is 0 Å². The zero-order valence-electron chi connectivity index (χ0n) is 9.92. The first kappa shape index (κ1) is 11.2. The van der Waals surface area contributed by atoms with Crippen molar-refractivity contribution >= 4 is 17.1 Å². The summed E-state index contributed by atoms with van der Waals surface area (Å²) in [4.78, 5) is 15.4. The summed E-state index contributed by atoms with van der Waals surface area (Å²) in [6, 6.07) is 4.89. The lowest BCUT2D eigenvalue weighted by molar-refractivity contribution is 0.0401. The molecule has 94 valence electrons. The normalized spacial score (nSPS) is 23.6. The van der Waals surface area contributed by atoms with Crippen LogP contribution in [0.1, 0.15) is 42.1 Å². The second-order valence-electron chi connectivity index (χ2n) is 4.52. The molecule has 2 unspecified atom stereocenters. The molecule has 1 N–H and O–H groups in total. The van der Waals surface area contributed by atoms with Gasteiger partial charge < -0.3 is 14.3 Å². The van der Waals surface area contributed by atoms with Crippen LogP contribution in [0.3, 0.4) is 0 Å². The van der Waals surface area contributed by atoms with Crippen LogP contribution in [-0.4, -0.2) is 22.2 Å². The fraction of sp³-hybridized carbons (Fsp3) is 0.385. The Hall–Kier alpha value is -1.88. The van der Waals surface area contributed by atoms with Crippen molar-refractivity contribution in [2.75, 3.05) is 0 Å². The zero-order chi connectivity index (χ0) is 12.7. The Balaban J connectivity index is 2.05. The summed E-state index contributed by atoms with van der Waals surface area (Å²) in [7, 11) is 0. The molecular weight excluding hydrogens is 234 g/mol. The van der Waals surface area contributed by atoms with E-state index >= 15 is 0 Å². The third-order valence-corrected chi connectivity index (χ3v) is 3.17. The molecule has 2 atom stereocenters. The van der Waals surface area contributed by atoms with E-state index in [1.807, 2.05) is 6.92 Å². The third-order valence-electron chi connectivity index (χ3n) is 3.17. The molecule has 5 heteroatoms. The molecule has 0 spiro atoms. The number of rotatable bonds is 2. The highest BCUT2D eigenvalue weighted by atomic mass is 16.5. The molecule has 18 heavy (non-hydrogen) atoms. The number of carboxylic acid groups (broad SMARTS) is 1. The maximum Gasteiger partial charge on any atom is 0.338 e. The fourth-order valence-corrected chi connectivity index (χ4v) is 2.26. The molecule has 2 heterocycles. The Kier molecular flexibility index (Phi) is 2.56. The topological polar surface area (TPSA) is 72.6 Å². The summed E-state index contributed by atoms with van der Waals surface area (Å²) in [6.07, 6.45) is 1.86. The number of benzene rings is 1. The lowest BCUT2D eigenvalue weighted by Gasteiger charge is -2.05. The van der Waals surface area contributed by atoms with Crippen molar-refractivity contribution in [3.8, 4) is 0 Å². The van der Waals surface area contributed by atoms with E-state index < -0.39 is 5.97 Å². The number of para-hydroxylation sites is 1. The second-order valence-corrected chi connectivity index (χ2v) is 4.52. The van der Waals surface area contributed by atoms with Gasteiger partial charge in [0.05, 0.1) is 11.7 Å². The number of hydrogen-bond donors (Lipinski definition) is 1. The van der Waals surface area contributed by atoms with E-state index in [9.17, 15) is 4.79 Å². The van der Waals surface area contributed by atoms with Crippen LogP contribution in [0.25, 0.3) is 11.1 Å². The van der Waals surface area contributed by atoms with Gasteiger partial charge in [-0.25, -0.2) is 9.78 Å². The van der Waals surface area contributed by atoms with Crippen molar-refractivity contribution in [1.82, 2.24) is 4.98 Å². The Morgan fingerprint density at radius 3 is 2.94 bits per heavy atom. The minimum atomic E-state index is -0.999. The Morgan fingerprint density at radius 1 is 1.44 bits per heavy atom. The molecule has 3 rings (SSSR count). The maximum atomic E-state index is 11.1. The summed E-state index contributed by atoms with van der Waals surface area (Å²) in [5.41, 5.74) is 1.05. The van der Waals surface area contributed by atoms with Gasteiger partial charge in [0.25, 0.3) is 0 Å². The van der Waals surface area contributed by atoms with Crippen LogP contribution in [-0.2, 0) is 4.74 Å². The van der Waals surface area contributed by atoms with Crippen LogP contribution < -0.4 is 0 Å². The summed E-state index contributed by atoms with van der Waals surface area (Å²) >= 11 is 0. The number of aromatic carboxylic acids is 1. The lowest BCUT2D eigenvalue weighted by atomic mass is 10.2. The van der Waals surface area contributed by atoms with Gasteiger partial charge in [-0.3, -0.25) is 0 Å². The van der Waals surface area contributed by atoms with Crippen molar-refractivity contribution in [2.24, 2.45) is 0 Å². The smallest absolute Gasteiger partial charge is 0.338 e. The molecule has 1 fully saturated rings. The number of hydrogen-bond acceptors (Lipinski definition) is 4. The highest BCUT2D eigenvalue weighted by Crippen LogP contribution is 2.34. The average Bonchev–Trinajstić information content (AvgIpc) is 2.93. The number of ether oxygens (including phenoxy) is 1. The largest absolute Gasteiger partial charge is 0.478 e. The number of oxazole rings is 1. The van der Waals surface area contributed by atoms with Gasteiger partial charge in [0.15, 0.2) is 5.58 Å². The Morgan fingerprint density at radius 2 is 2.28 bits per heavy atom. The molecule has 0 aliphatic carbocycles. The molecule has 0 saturated carbocycles. The van der Waals surface area contributed by atoms with Gasteiger partial charge in [0.2, 0.25) is 5.89 Å². The van der Waals surface area contributed by atoms with Gasteiger partial charge in [-0.2, -0.15) is 0 Å². The third kappa shape index (κ3) is 1.76. The predicted octanol–water partition coefficient (Wildman–Crippen LogP) is 2.77. The van der Waals surface area contributed by atoms with Crippen LogP contribution in [0.5, 0.6) is 0 Å². The first-order valence-corrected chi connectivity index (χ1v) is 5.93. The molecule has 1 aliphatic rings. The van der Waals surface area contributed by atoms with Crippen LogP contribution in [0.15, 0.2) is 22.6 Å². The summed E-state index contributed by atoms with van der Waals surface area (Å²) < 4.78 is 11.3. The maximum absolute atomic E-state index is 11.1. The minimum absolute atomic E-state index is 0.158. The van der Waals surface area contributed by atoms with Gasteiger partial charge in [0.1, 0.15) is 11.6 Å². The van der Waals surface area contributed by atoms with Crippen molar-refractivity contribution in [1.29, 1.82) is 0 Å². The van der Waals surface area contributed by atoms with Crippen LogP contribution in [0, 0.1) is 0 Å². The van der Waals surface area contributed by atoms with E-state index in [4.69, 9.17) is 14.3 Å². The Labute approximate surface area is 103 Å². The molecule has 2 aromatic rings. The zero-order valence-corrected chi connectivity index (χ0v) is 9.92. The van der Waals surface area contributed by atoms with E-state index in [1.165, 1.54) is 6.07 Å².